The number of nitrogens with two attached hydrogens (primary N) is 1. The molecule has 1 aromatic heterocycles. The SMILES string of the molecule is CC1(C)CCC(C)(C)c2cc(-c3csc(C4CCN(C(=O)CC5SC(N)=NC5=O)CC4)n3)ccc21. The second-order valence-electron chi connectivity index (χ2n) is 11.4. The van der Waals surface area contributed by atoms with E-state index in [1.807, 2.05) is 4.90 Å². The third-order valence-corrected chi connectivity index (χ3v) is 9.98. The number of rotatable bonds is 4. The van der Waals surface area contributed by atoms with Gasteiger partial charge < -0.3 is 10.6 Å². The van der Waals surface area contributed by atoms with Crippen LogP contribution in [0.1, 0.15) is 81.9 Å². The second-order valence-corrected chi connectivity index (χ2v) is 13.5. The highest BCUT2D eigenvalue weighted by atomic mass is 32.2. The smallest absolute Gasteiger partial charge is 0.262 e. The summed E-state index contributed by atoms with van der Waals surface area (Å²) in [6.07, 6.45) is 4.38. The molecule has 2 N–H and O–H groups in total. The Bertz CT molecular complexity index is 1190. The van der Waals surface area contributed by atoms with Gasteiger partial charge in [0.05, 0.1) is 10.7 Å². The summed E-state index contributed by atoms with van der Waals surface area (Å²) in [5, 5.41) is 3.14. The number of aliphatic imine (C=N–C) groups is 1. The number of amidine groups is 1. The molecule has 0 saturated carbocycles. The van der Waals surface area contributed by atoms with Crippen LogP contribution in [-0.2, 0) is 20.4 Å². The summed E-state index contributed by atoms with van der Waals surface area (Å²) < 4.78 is 0. The first-order chi connectivity index (χ1) is 16.5. The molecule has 1 fully saturated rings. The summed E-state index contributed by atoms with van der Waals surface area (Å²) >= 11 is 2.93. The summed E-state index contributed by atoms with van der Waals surface area (Å²) in [4.78, 5) is 35.2. The molecule has 2 amide bonds. The minimum absolute atomic E-state index is 0.0126. The molecule has 5 rings (SSSR count). The summed E-state index contributed by atoms with van der Waals surface area (Å²) in [7, 11) is 0. The summed E-state index contributed by atoms with van der Waals surface area (Å²) in [5.74, 6) is 0.0890. The molecule has 1 unspecified atom stereocenters. The first-order valence-corrected chi connectivity index (χ1v) is 14.2. The number of hydrogen-bond acceptors (Lipinski definition) is 6. The van der Waals surface area contributed by atoms with E-state index in [0.29, 0.717) is 19.0 Å². The molecule has 6 nitrogen and oxygen atoms in total. The maximum Gasteiger partial charge on any atom is 0.262 e. The van der Waals surface area contributed by atoms with Gasteiger partial charge in [-0.3, -0.25) is 9.59 Å². The van der Waals surface area contributed by atoms with Crippen LogP contribution in [0.15, 0.2) is 28.6 Å². The van der Waals surface area contributed by atoms with Gasteiger partial charge in [0.15, 0.2) is 5.17 Å². The number of fused-ring (bicyclic) bond motifs is 1. The van der Waals surface area contributed by atoms with Crippen LogP contribution in [-0.4, -0.2) is 45.2 Å². The fraction of sp³-hybridized carbons (Fsp3) is 0.556. The lowest BCUT2D eigenvalue weighted by molar-refractivity contribution is -0.133. The maximum atomic E-state index is 12.7. The number of benzene rings is 1. The topological polar surface area (TPSA) is 88.6 Å². The molecule has 2 aromatic rings. The molecule has 1 saturated heterocycles. The van der Waals surface area contributed by atoms with Crippen molar-refractivity contribution in [2.24, 2.45) is 10.7 Å². The van der Waals surface area contributed by atoms with Gasteiger partial charge in [-0.15, -0.1) is 11.3 Å². The van der Waals surface area contributed by atoms with E-state index >= 15 is 0 Å². The van der Waals surface area contributed by atoms with Gasteiger partial charge in [0.2, 0.25) is 5.91 Å². The average Bonchev–Trinajstić information content (AvgIpc) is 3.43. The number of amides is 2. The normalized spacial score (nSPS) is 23.8. The van der Waals surface area contributed by atoms with Gasteiger partial charge in [0.25, 0.3) is 5.91 Å². The van der Waals surface area contributed by atoms with E-state index in [9.17, 15) is 9.59 Å². The largest absolute Gasteiger partial charge is 0.378 e. The molecule has 186 valence electrons. The molecule has 0 spiro atoms. The number of aromatic nitrogens is 1. The van der Waals surface area contributed by atoms with E-state index in [-0.39, 0.29) is 34.2 Å². The highest BCUT2D eigenvalue weighted by Gasteiger charge is 2.37. The molecule has 1 atom stereocenters. The Labute approximate surface area is 215 Å². The van der Waals surface area contributed by atoms with Crippen LogP contribution in [0.25, 0.3) is 11.3 Å². The molecule has 1 aromatic carbocycles. The number of nitrogens with zero attached hydrogens (tertiary/aromatic N) is 3. The number of thiazole rings is 1. The van der Waals surface area contributed by atoms with Gasteiger partial charge in [-0.25, -0.2) is 4.98 Å². The van der Waals surface area contributed by atoms with Crippen LogP contribution in [0.4, 0.5) is 0 Å². The molecule has 1 aliphatic carbocycles. The Kier molecular flexibility index (Phi) is 6.33. The zero-order chi connectivity index (χ0) is 25.0. The van der Waals surface area contributed by atoms with Crippen molar-refractivity contribution >= 4 is 40.1 Å². The predicted molar refractivity (Wildman–Crippen MR) is 144 cm³/mol. The van der Waals surface area contributed by atoms with Crippen molar-refractivity contribution in [1.82, 2.24) is 9.88 Å². The first-order valence-electron chi connectivity index (χ1n) is 12.5. The monoisotopic (exact) mass is 510 g/mol. The highest BCUT2D eigenvalue weighted by Crippen LogP contribution is 2.47. The quantitative estimate of drug-likeness (QED) is 0.610. The van der Waals surface area contributed by atoms with Crippen molar-refractivity contribution in [3.8, 4) is 11.3 Å². The number of carbonyl (C=O) groups is 2. The van der Waals surface area contributed by atoms with Gasteiger partial charge in [-0.1, -0.05) is 51.6 Å². The average molecular weight is 511 g/mol. The van der Waals surface area contributed by atoms with Crippen molar-refractivity contribution < 1.29 is 9.59 Å². The number of thioether (sulfide) groups is 1. The fourth-order valence-electron chi connectivity index (χ4n) is 5.55. The van der Waals surface area contributed by atoms with Crippen LogP contribution in [0.2, 0.25) is 0 Å². The van der Waals surface area contributed by atoms with E-state index in [4.69, 9.17) is 10.7 Å². The van der Waals surface area contributed by atoms with Crippen molar-refractivity contribution in [3.63, 3.8) is 0 Å². The van der Waals surface area contributed by atoms with E-state index in [1.165, 1.54) is 41.3 Å². The molecule has 2 aliphatic heterocycles. The van der Waals surface area contributed by atoms with Crippen LogP contribution < -0.4 is 5.73 Å². The van der Waals surface area contributed by atoms with Crippen LogP contribution in [0.5, 0.6) is 0 Å². The molecule has 0 radical (unpaired) electrons. The van der Waals surface area contributed by atoms with Crippen molar-refractivity contribution in [1.29, 1.82) is 0 Å². The lowest BCUT2D eigenvalue weighted by Crippen LogP contribution is -2.39. The van der Waals surface area contributed by atoms with E-state index < -0.39 is 5.25 Å². The van der Waals surface area contributed by atoms with Crippen LogP contribution in [0.3, 0.4) is 0 Å². The van der Waals surface area contributed by atoms with Crippen LogP contribution >= 0.6 is 23.1 Å². The van der Waals surface area contributed by atoms with Gasteiger partial charge in [-0.05, 0) is 53.7 Å². The van der Waals surface area contributed by atoms with Gasteiger partial charge in [0.1, 0.15) is 5.25 Å². The summed E-state index contributed by atoms with van der Waals surface area (Å²) in [6, 6.07) is 6.93. The molecule has 0 bridgehead atoms. The minimum atomic E-state index is -0.464. The van der Waals surface area contributed by atoms with Crippen molar-refractivity contribution in [3.05, 3.63) is 39.7 Å². The Balaban J connectivity index is 1.24. The van der Waals surface area contributed by atoms with Crippen molar-refractivity contribution in [2.75, 3.05) is 13.1 Å². The van der Waals surface area contributed by atoms with E-state index in [0.717, 1.165) is 23.5 Å². The lowest BCUT2D eigenvalue weighted by Gasteiger charge is -2.42. The third-order valence-electron chi connectivity index (χ3n) is 7.99. The lowest BCUT2D eigenvalue weighted by atomic mass is 9.63. The van der Waals surface area contributed by atoms with E-state index in [2.05, 4.69) is 56.3 Å². The molecule has 8 heteroatoms. The zero-order valence-electron chi connectivity index (χ0n) is 21.0. The van der Waals surface area contributed by atoms with Gasteiger partial charge in [0, 0.05) is 36.4 Å². The predicted octanol–water partition coefficient (Wildman–Crippen LogP) is 5.21. The maximum absolute atomic E-state index is 12.7. The Morgan fingerprint density at radius 2 is 1.80 bits per heavy atom. The van der Waals surface area contributed by atoms with Gasteiger partial charge in [-0.2, -0.15) is 4.99 Å². The molecule has 35 heavy (non-hydrogen) atoms. The first kappa shape index (κ1) is 24.5. The number of piperidine rings is 1. The Morgan fingerprint density at radius 1 is 1.11 bits per heavy atom. The number of carbonyl (C=O) groups excluding carboxylic acids is 2. The van der Waals surface area contributed by atoms with Gasteiger partial charge >= 0.3 is 0 Å². The highest BCUT2D eigenvalue weighted by molar-refractivity contribution is 8.15. The number of likely N-dealkylation sites (tertiary alicyclic amines) is 1. The Morgan fingerprint density at radius 3 is 2.46 bits per heavy atom. The zero-order valence-corrected chi connectivity index (χ0v) is 22.6. The number of hydrogen-bond donors (Lipinski definition) is 1. The third kappa shape index (κ3) is 4.79. The fourth-order valence-corrected chi connectivity index (χ4v) is 7.37. The molecular formula is C27H34N4O2S2. The summed E-state index contributed by atoms with van der Waals surface area (Å²) in [6.45, 7) is 10.8. The van der Waals surface area contributed by atoms with E-state index in [1.54, 1.807) is 11.3 Å². The molecule has 3 heterocycles. The van der Waals surface area contributed by atoms with Crippen LogP contribution in [0, 0.1) is 0 Å². The minimum Gasteiger partial charge on any atom is -0.378 e. The van der Waals surface area contributed by atoms with Crippen molar-refractivity contribution in [2.45, 2.75) is 81.8 Å². The molecular weight excluding hydrogens is 476 g/mol. The second kappa shape index (κ2) is 9.04. The Hall–Kier alpha value is -2.19. The molecule has 3 aliphatic rings. The summed E-state index contributed by atoms with van der Waals surface area (Å²) in [5.41, 5.74) is 11.2. The standard InChI is InChI=1S/C27H34N4O2S2/c1-26(2)9-10-27(3,4)19-13-17(5-6-18(19)26)20-15-34-24(29-20)16-7-11-31(12-8-16)22(32)14-21-23(33)30-25(28)35-21/h5-6,13,15-16,21H,7-12,14H2,1-4H3,(H2,28,30,33).